The zero-order chi connectivity index (χ0) is 24.3. The Balaban J connectivity index is 1.47. The zero-order valence-corrected chi connectivity index (χ0v) is 18.7. The van der Waals surface area contributed by atoms with Crippen molar-refractivity contribution in [3.8, 4) is 0 Å². The molecule has 0 saturated heterocycles. The van der Waals surface area contributed by atoms with E-state index in [1.54, 1.807) is 0 Å². The maximum atomic E-state index is 14.7. The molecule has 0 bridgehead atoms. The third-order valence-corrected chi connectivity index (χ3v) is 7.26. The molecule has 4 atom stereocenters. The van der Waals surface area contributed by atoms with Gasteiger partial charge in [-0.1, -0.05) is 19.8 Å². The average Bonchev–Trinajstić information content (AvgIpc) is 2.71. The van der Waals surface area contributed by atoms with Crippen LogP contribution in [0.4, 0.5) is 30.7 Å². The van der Waals surface area contributed by atoms with E-state index in [0.717, 1.165) is 6.42 Å². The molecule has 0 spiro atoms. The molecular formula is C23H33F7O3. The standard InChI is InChI=1S/C23H33F7O3/c1-2-3-12-8-16(24)20(17(25)9-12)23(29,30)33-14-6-4-13(5-7-14)22(31)32-15-10-18(26)21(28)19(27)11-15/h12-21H,2-11H2,1H3. The summed E-state index contributed by atoms with van der Waals surface area (Å²) < 4.78 is 109. The van der Waals surface area contributed by atoms with Crippen LogP contribution in [0.5, 0.6) is 0 Å². The Morgan fingerprint density at radius 2 is 1.36 bits per heavy atom. The van der Waals surface area contributed by atoms with Gasteiger partial charge in [0, 0.05) is 12.8 Å². The normalized spacial score (nSPS) is 42.7. The molecule has 3 fully saturated rings. The Bertz CT molecular complexity index is 620. The lowest BCUT2D eigenvalue weighted by atomic mass is 9.77. The van der Waals surface area contributed by atoms with Gasteiger partial charge in [0.05, 0.1) is 12.0 Å². The van der Waals surface area contributed by atoms with Crippen molar-refractivity contribution < 1.29 is 45.0 Å². The van der Waals surface area contributed by atoms with Crippen molar-refractivity contribution in [1.29, 1.82) is 0 Å². The summed E-state index contributed by atoms with van der Waals surface area (Å²) in [6, 6.07) is 0. The Hall–Kier alpha value is -1.06. The molecule has 3 aliphatic carbocycles. The molecule has 4 unspecified atom stereocenters. The van der Waals surface area contributed by atoms with E-state index in [2.05, 4.69) is 0 Å². The minimum atomic E-state index is -3.97. The van der Waals surface area contributed by atoms with Crippen LogP contribution in [0.3, 0.4) is 0 Å². The summed E-state index contributed by atoms with van der Waals surface area (Å²) in [6.45, 7) is 1.88. The number of carbonyl (C=O) groups is 1. The first-order valence-electron chi connectivity index (χ1n) is 12.0. The number of hydrogen-bond donors (Lipinski definition) is 0. The van der Waals surface area contributed by atoms with E-state index >= 15 is 0 Å². The maximum Gasteiger partial charge on any atom is 0.364 e. The van der Waals surface area contributed by atoms with Gasteiger partial charge in [-0.05, 0) is 44.4 Å². The average molecular weight is 491 g/mol. The molecule has 0 heterocycles. The minimum Gasteiger partial charge on any atom is -0.462 e. The summed E-state index contributed by atoms with van der Waals surface area (Å²) in [5.74, 6) is -3.77. The molecule has 3 nitrogen and oxygen atoms in total. The van der Waals surface area contributed by atoms with Crippen molar-refractivity contribution in [2.75, 3.05) is 0 Å². The fourth-order valence-corrected chi connectivity index (χ4v) is 5.48. The van der Waals surface area contributed by atoms with Crippen LogP contribution in [-0.2, 0) is 14.3 Å². The first-order valence-corrected chi connectivity index (χ1v) is 12.0. The molecule has 0 aromatic carbocycles. The van der Waals surface area contributed by atoms with E-state index in [9.17, 15) is 35.5 Å². The van der Waals surface area contributed by atoms with Gasteiger partial charge in [-0.15, -0.1) is 0 Å². The Morgan fingerprint density at radius 1 is 0.818 bits per heavy atom. The van der Waals surface area contributed by atoms with E-state index in [1.165, 1.54) is 0 Å². The summed E-state index contributed by atoms with van der Waals surface area (Å²) >= 11 is 0. The van der Waals surface area contributed by atoms with Gasteiger partial charge in [-0.3, -0.25) is 4.79 Å². The van der Waals surface area contributed by atoms with Crippen molar-refractivity contribution >= 4 is 5.97 Å². The van der Waals surface area contributed by atoms with Crippen LogP contribution in [0.15, 0.2) is 0 Å². The molecule has 0 amide bonds. The monoisotopic (exact) mass is 490 g/mol. The first kappa shape index (κ1) is 26.5. The summed E-state index contributed by atoms with van der Waals surface area (Å²) in [6.07, 6.45) is -15.7. The van der Waals surface area contributed by atoms with Crippen LogP contribution in [0.2, 0.25) is 0 Å². The van der Waals surface area contributed by atoms with E-state index in [0.29, 0.717) is 6.42 Å². The van der Waals surface area contributed by atoms with Crippen LogP contribution in [-0.4, -0.2) is 55.1 Å². The Kier molecular flexibility index (Phi) is 8.94. The number of esters is 1. The molecule has 0 aromatic heterocycles. The zero-order valence-electron chi connectivity index (χ0n) is 18.7. The lowest BCUT2D eigenvalue weighted by molar-refractivity contribution is -0.319. The highest BCUT2D eigenvalue weighted by Gasteiger charge is 2.55. The molecule has 3 aliphatic rings. The number of rotatable bonds is 7. The van der Waals surface area contributed by atoms with Gasteiger partial charge in [-0.2, -0.15) is 8.78 Å². The van der Waals surface area contributed by atoms with Gasteiger partial charge in [0.15, 0.2) is 6.17 Å². The van der Waals surface area contributed by atoms with E-state index < -0.39 is 79.8 Å². The first-order chi connectivity index (χ1) is 15.5. The van der Waals surface area contributed by atoms with Crippen LogP contribution >= 0.6 is 0 Å². The molecule has 3 saturated carbocycles. The fourth-order valence-electron chi connectivity index (χ4n) is 5.48. The lowest BCUT2D eigenvalue weighted by Crippen LogP contribution is -2.49. The van der Waals surface area contributed by atoms with Crippen LogP contribution in [0.1, 0.15) is 71.1 Å². The minimum absolute atomic E-state index is 0.0587. The molecule has 0 N–H and O–H groups in total. The van der Waals surface area contributed by atoms with E-state index in [4.69, 9.17) is 9.47 Å². The third-order valence-electron chi connectivity index (χ3n) is 7.26. The predicted molar refractivity (Wildman–Crippen MR) is 106 cm³/mol. The van der Waals surface area contributed by atoms with Crippen LogP contribution in [0, 0.1) is 17.8 Å². The number of hydrogen-bond acceptors (Lipinski definition) is 3. The van der Waals surface area contributed by atoms with Crippen molar-refractivity contribution in [3.05, 3.63) is 0 Å². The quantitative estimate of drug-likeness (QED) is 0.307. The summed E-state index contributed by atoms with van der Waals surface area (Å²) in [7, 11) is 0. The van der Waals surface area contributed by atoms with Crippen LogP contribution in [0.25, 0.3) is 0 Å². The third kappa shape index (κ3) is 6.54. The summed E-state index contributed by atoms with van der Waals surface area (Å²) in [5, 5.41) is 0. The van der Waals surface area contributed by atoms with Crippen molar-refractivity contribution in [3.63, 3.8) is 0 Å². The van der Waals surface area contributed by atoms with Crippen molar-refractivity contribution in [2.45, 2.75) is 120 Å². The molecular weight excluding hydrogens is 457 g/mol. The highest BCUT2D eigenvalue weighted by molar-refractivity contribution is 5.72. The largest absolute Gasteiger partial charge is 0.462 e. The van der Waals surface area contributed by atoms with Gasteiger partial charge in [0.25, 0.3) is 0 Å². The molecule has 0 aromatic rings. The van der Waals surface area contributed by atoms with Gasteiger partial charge in [-0.25, -0.2) is 22.0 Å². The second-order valence-corrected chi connectivity index (χ2v) is 9.84. The highest BCUT2D eigenvalue weighted by atomic mass is 19.3. The van der Waals surface area contributed by atoms with Gasteiger partial charge < -0.3 is 9.47 Å². The fraction of sp³-hybridized carbons (Fsp3) is 0.957. The molecule has 10 heteroatoms. The highest BCUT2D eigenvalue weighted by Crippen LogP contribution is 2.45. The number of halogens is 7. The van der Waals surface area contributed by atoms with Gasteiger partial charge in [0.2, 0.25) is 0 Å². The van der Waals surface area contributed by atoms with Crippen molar-refractivity contribution in [1.82, 2.24) is 0 Å². The van der Waals surface area contributed by atoms with Gasteiger partial charge in [0.1, 0.15) is 36.7 Å². The second kappa shape index (κ2) is 11.1. The predicted octanol–water partition coefficient (Wildman–Crippen LogP) is 6.38. The Labute approximate surface area is 189 Å². The molecule has 0 radical (unpaired) electrons. The van der Waals surface area contributed by atoms with E-state index in [1.807, 2.05) is 6.92 Å². The Morgan fingerprint density at radius 3 is 1.88 bits per heavy atom. The number of alkyl halides is 7. The molecule has 0 aliphatic heterocycles. The molecule has 3 rings (SSSR count). The van der Waals surface area contributed by atoms with E-state index in [-0.39, 0.29) is 44.4 Å². The lowest BCUT2D eigenvalue weighted by Gasteiger charge is -2.40. The van der Waals surface area contributed by atoms with Crippen molar-refractivity contribution in [2.24, 2.45) is 17.8 Å². The number of carbonyl (C=O) groups excluding carboxylic acids is 1. The number of ether oxygens (including phenoxy) is 2. The summed E-state index contributed by atoms with van der Waals surface area (Å²) in [4.78, 5) is 12.3. The second-order valence-electron chi connectivity index (χ2n) is 9.84. The van der Waals surface area contributed by atoms with Gasteiger partial charge >= 0.3 is 12.1 Å². The smallest absolute Gasteiger partial charge is 0.364 e. The SMILES string of the molecule is CCCC1CC(F)C(C(F)(F)OC2CCC(C(=O)OC3CC(F)C(F)C(F)C3)CC2)C(F)C1. The molecule has 33 heavy (non-hydrogen) atoms. The van der Waals surface area contributed by atoms with Crippen LogP contribution < -0.4 is 0 Å². The summed E-state index contributed by atoms with van der Waals surface area (Å²) in [5.41, 5.74) is 0. The maximum absolute atomic E-state index is 14.7. The topological polar surface area (TPSA) is 35.5 Å². The molecule has 192 valence electrons.